The maximum absolute atomic E-state index is 12.1. The fraction of sp³-hybridized carbons (Fsp3) is 0.882. The van der Waals surface area contributed by atoms with Crippen LogP contribution in [0.4, 0.5) is 4.79 Å². The number of carbonyl (C=O) groups excluding carboxylic acids is 1. The first kappa shape index (κ1) is 25.4. The SMILES string of the molecule is CN=C(NCCS(=O)C(C)(C)C)N1CCC(NC(=O)OC(C)(C)C)C1.I. The Balaban J connectivity index is 0.00000625. The van der Waals surface area contributed by atoms with E-state index in [4.69, 9.17) is 4.74 Å². The van der Waals surface area contributed by atoms with Crippen molar-refractivity contribution in [2.24, 2.45) is 4.99 Å². The molecule has 2 unspecified atom stereocenters. The van der Waals surface area contributed by atoms with E-state index in [1.165, 1.54) is 0 Å². The van der Waals surface area contributed by atoms with Gasteiger partial charge in [-0.2, -0.15) is 0 Å². The van der Waals surface area contributed by atoms with Gasteiger partial charge in [0.15, 0.2) is 5.96 Å². The van der Waals surface area contributed by atoms with Gasteiger partial charge in [-0.25, -0.2) is 4.79 Å². The first-order chi connectivity index (χ1) is 11.4. The molecule has 0 bridgehead atoms. The fourth-order valence-corrected chi connectivity index (χ4v) is 3.34. The molecule has 0 saturated carbocycles. The summed E-state index contributed by atoms with van der Waals surface area (Å²) in [5.41, 5.74) is -0.497. The number of hydrogen-bond donors (Lipinski definition) is 2. The van der Waals surface area contributed by atoms with Gasteiger partial charge in [0.2, 0.25) is 0 Å². The van der Waals surface area contributed by atoms with Crippen LogP contribution in [0.1, 0.15) is 48.0 Å². The zero-order chi connectivity index (χ0) is 19.3. The highest BCUT2D eigenvalue weighted by atomic mass is 127. The molecular weight excluding hydrogens is 467 g/mol. The van der Waals surface area contributed by atoms with Crippen LogP contribution < -0.4 is 10.6 Å². The van der Waals surface area contributed by atoms with Gasteiger partial charge in [0.05, 0.1) is 6.04 Å². The van der Waals surface area contributed by atoms with Crippen LogP contribution in [0.25, 0.3) is 0 Å². The third-order valence-corrected chi connectivity index (χ3v) is 5.61. The second-order valence-electron chi connectivity index (χ2n) is 8.21. The molecule has 0 aliphatic carbocycles. The Labute approximate surface area is 177 Å². The normalized spacial score (nSPS) is 19.6. The Morgan fingerprint density at radius 2 is 1.88 bits per heavy atom. The molecule has 0 aromatic heterocycles. The van der Waals surface area contributed by atoms with Gasteiger partial charge < -0.3 is 20.3 Å². The lowest BCUT2D eigenvalue weighted by molar-refractivity contribution is 0.0507. The number of halogens is 1. The summed E-state index contributed by atoms with van der Waals surface area (Å²) in [6, 6.07) is 0.0390. The van der Waals surface area contributed by atoms with Crippen molar-refractivity contribution in [2.75, 3.05) is 32.4 Å². The molecule has 7 nitrogen and oxygen atoms in total. The van der Waals surface area contributed by atoms with Gasteiger partial charge in [0.1, 0.15) is 5.60 Å². The lowest BCUT2D eigenvalue weighted by atomic mass is 10.2. The summed E-state index contributed by atoms with van der Waals surface area (Å²) in [5, 5.41) is 6.17. The van der Waals surface area contributed by atoms with E-state index >= 15 is 0 Å². The van der Waals surface area contributed by atoms with Crippen molar-refractivity contribution in [3.05, 3.63) is 0 Å². The largest absolute Gasteiger partial charge is 0.444 e. The van der Waals surface area contributed by atoms with E-state index in [1.54, 1.807) is 7.05 Å². The van der Waals surface area contributed by atoms with E-state index in [0.29, 0.717) is 18.8 Å². The van der Waals surface area contributed by atoms with E-state index in [0.717, 1.165) is 18.9 Å². The fourth-order valence-electron chi connectivity index (χ4n) is 2.44. The van der Waals surface area contributed by atoms with E-state index in [-0.39, 0.29) is 40.9 Å². The second-order valence-corrected chi connectivity index (χ2v) is 10.5. The minimum Gasteiger partial charge on any atom is -0.444 e. The number of amides is 1. The molecule has 1 rings (SSSR count). The third kappa shape index (κ3) is 9.38. The Morgan fingerprint density at radius 1 is 1.27 bits per heavy atom. The minimum absolute atomic E-state index is 0. The van der Waals surface area contributed by atoms with Crippen LogP contribution in [0.5, 0.6) is 0 Å². The predicted molar refractivity (Wildman–Crippen MR) is 119 cm³/mol. The van der Waals surface area contributed by atoms with Crippen molar-refractivity contribution in [3.63, 3.8) is 0 Å². The summed E-state index contributed by atoms with van der Waals surface area (Å²) < 4.78 is 17.2. The summed E-state index contributed by atoms with van der Waals surface area (Å²) in [7, 11) is 0.842. The van der Waals surface area contributed by atoms with Gasteiger partial charge >= 0.3 is 6.09 Å². The molecule has 0 spiro atoms. The number of nitrogens with one attached hydrogen (secondary N) is 2. The van der Waals surface area contributed by atoms with Crippen molar-refractivity contribution in [1.82, 2.24) is 15.5 Å². The highest BCUT2D eigenvalue weighted by molar-refractivity contribution is 14.0. The molecule has 1 amide bonds. The quantitative estimate of drug-likeness (QED) is 0.351. The number of alkyl carbamates (subject to hydrolysis) is 1. The van der Waals surface area contributed by atoms with Crippen LogP contribution in [0.15, 0.2) is 4.99 Å². The van der Waals surface area contributed by atoms with Gasteiger partial charge in [0.25, 0.3) is 0 Å². The first-order valence-electron chi connectivity index (χ1n) is 8.76. The monoisotopic (exact) mass is 502 g/mol. The molecule has 154 valence electrons. The molecule has 1 aliphatic heterocycles. The molecule has 2 atom stereocenters. The summed E-state index contributed by atoms with van der Waals surface area (Å²) >= 11 is 0. The van der Waals surface area contributed by atoms with Crippen LogP contribution in [-0.4, -0.2) is 70.0 Å². The molecule has 0 aromatic rings. The molecule has 1 aliphatic rings. The molecule has 0 aromatic carbocycles. The van der Waals surface area contributed by atoms with Crippen LogP contribution in [0.3, 0.4) is 0 Å². The average Bonchev–Trinajstić information content (AvgIpc) is 2.88. The molecule has 1 heterocycles. The zero-order valence-corrected chi connectivity index (χ0v) is 20.2. The van der Waals surface area contributed by atoms with E-state index < -0.39 is 16.4 Å². The van der Waals surface area contributed by atoms with E-state index in [1.807, 2.05) is 41.5 Å². The summed E-state index contributed by atoms with van der Waals surface area (Å²) in [4.78, 5) is 18.3. The van der Waals surface area contributed by atoms with Gasteiger partial charge in [0, 0.05) is 48.0 Å². The van der Waals surface area contributed by atoms with Crippen molar-refractivity contribution < 1.29 is 13.7 Å². The van der Waals surface area contributed by atoms with Crippen LogP contribution in [0.2, 0.25) is 0 Å². The minimum atomic E-state index is -0.891. The number of likely N-dealkylation sites (tertiary alicyclic amines) is 1. The number of hydrogen-bond acceptors (Lipinski definition) is 4. The van der Waals surface area contributed by atoms with Crippen LogP contribution in [0, 0.1) is 0 Å². The van der Waals surface area contributed by atoms with Gasteiger partial charge in [-0.05, 0) is 48.0 Å². The molecule has 1 fully saturated rings. The number of carbonyl (C=O) groups is 1. The van der Waals surface area contributed by atoms with Crippen LogP contribution >= 0.6 is 24.0 Å². The standard InChI is InChI=1S/C17H34N4O3S.HI/c1-16(2,3)24-15(22)20-13-8-10-21(12-13)14(18-7)19-9-11-25(23)17(4,5)6;/h13H,8-12H2,1-7H3,(H,18,19)(H,20,22);1H. The second kappa shape index (κ2) is 10.7. The molecular formula is C17H35IN4O3S. The highest BCUT2D eigenvalue weighted by Gasteiger charge is 2.28. The lowest BCUT2D eigenvalue weighted by Crippen LogP contribution is -2.45. The molecule has 26 heavy (non-hydrogen) atoms. The summed E-state index contributed by atoms with van der Waals surface area (Å²) in [5.74, 6) is 1.36. The lowest BCUT2D eigenvalue weighted by Gasteiger charge is -2.24. The molecule has 2 N–H and O–H groups in total. The highest BCUT2D eigenvalue weighted by Crippen LogP contribution is 2.13. The average molecular weight is 502 g/mol. The zero-order valence-electron chi connectivity index (χ0n) is 17.0. The Bertz CT molecular complexity index is 515. The van der Waals surface area contributed by atoms with Crippen molar-refractivity contribution in [2.45, 2.75) is 64.4 Å². The topological polar surface area (TPSA) is 83.0 Å². The van der Waals surface area contributed by atoms with Crippen LogP contribution in [-0.2, 0) is 15.5 Å². The number of guanidine groups is 1. The van der Waals surface area contributed by atoms with Crippen molar-refractivity contribution in [1.29, 1.82) is 0 Å². The van der Waals surface area contributed by atoms with E-state index in [9.17, 15) is 9.00 Å². The number of ether oxygens (including phenoxy) is 1. The first-order valence-corrected chi connectivity index (χ1v) is 10.1. The molecule has 9 heteroatoms. The summed E-state index contributed by atoms with van der Waals surface area (Å²) in [6.07, 6.45) is 0.455. The smallest absolute Gasteiger partial charge is 0.407 e. The number of nitrogens with zero attached hydrogens (tertiary/aromatic N) is 2. The Hall–Kier alpha value is -0.580. The predicted octanol–water partition coefficient (Wildman–Crippen LogP) is 2.33. The summed E-state index contributed by atoms with van der Waals surface area (Å²) in [6.45, 7) is 13.6. The molecule has 0 radical (unpaired) electrons. The third-order valence-electron chi connectivity index (χ3n) is 3.67. The maximum atomic E-state index is 12.1. The number of aliphatic imine (C=N–C) groups is 1. The Morgan fingerprint density at radius 3 is 2.38 bits per heavy atom. The van der Waals surface area contributed by atoms with Crippen molar-refractivity contribution >= 4 is 46.8 Å². The Kier molecular flexibility index (Phi) is 10.4. The van der Waals surface area contributed by atoms with E-state index in [2.05, 4.69) is 20.5 Å². The van der Waals surface area contributed by atoms with Gasteiger partial charge in [-0.1, -0.05) is 0 Å². The van der Waals surface area contributed by atoms with Gasteiger partial charge in [-0.3, -0.25) is 9.20 Å². The van der Waals surface area contributed by atoms with Gasteiger partial charge in [-0.15, -0.1) is 24.0 Å². The van der Waals surface area contributed by atoms with Crippen molar-refractivity contribution in [3.8, 4) is 0 Å². The molecule has 1 saturated heterocycles. The maximum Gasteiger partial charge on any atom is 0.407 e. The number of rotatable bonds is 4.